The fourth-order valence-corrected chi connectivity index (χ4v) is 0.981. The first-order chi connectivity index (χ1) is 6.61. The van der Waals surface area contributed by atoms with E-state index >= 15 is 0 Å². The first-order valence-electron chi connectivity index (χ1n) is 4.79. The molecule has 0 aromatic rings. The first-order valence-corrected chi connectivity index (χ1v) is 4.79. The van der Waals surface area contributed by atoms with E-state index in [1.165, 1.54) is 11.9 Å². The third-order valence-corrected chi connectivity index (χ3v) is 1.73. The summed E-state index contributed by atoms with van der Waals surface area (Å²) in [5.41, 5.74) is 0. The monoisotopic (exact) mass is 205 g/mol. The fraction of sp³-hybridized carbons (Fsp3) is 0.889. The summed E-state index contributed by atoms with van der Waals surface area (Å²) in [7, 11) is 1.53. The van der Waals surface area contributed by atoms with Crippen molar-refractivity contribution < 1.29 is 19.4 Å². The van der Waals surface area contributed by atoms with E-state index in [1.54, 1.807) is 0 Å². The van der Waals surface area contributed by atoms with Crippen LogP contribution in [-0.4, -0.2) is 49.2 Å². The van der Waals surface area contributed by atoms with E-state index in [0.717, 1.165) is 0 Å². The summed E-state index contributed by atoms with van der Waals surface area (Å²) in [6, 6.07) is 0. The second-order valence-electron chi connectivity index (χ2n) is 2.83. The molecule has 0 heterocycles. The average Bonchev–Trinajstić information content (AvgIpc) is 2.14. The van der Waals surface area contributed by atoms with Gasteiger partial charge >= 0.3 is 6.09 Å². The smallest absolute Gasteiger partial charge is 0.407 e. The van der Waals surface area contributed by atoms with Gasteiger partial charge in [-0.05, 0) is 13.8 Å². The molecule has 1 amide bonds. The molecule has 0 saturated heterocycles. The van der Waals surface area contributed by atoms with Gasteiger partial charge in [0.25, 0.3) is 0 Å². The average molecular weight is 205 g/mol. The third-order valence-electron chi connectivity index (χ3n) is 1.73. The predicted octanol–water partition coefficient (Wildman–Crippen LogP) is 1.39. The maximum absolute atomic E-state index is 10.5. The van der Waals surface area contributed by atoms with Crippen molar-refractivity contribution in [3.63, 3.8) is 0 Å². The molecule has 0 rings (SSSR count). The zero-order valence-corrected chi connectivity index (χ0v) is 9.02. The Labute approximate surface area is 84.6 Å². The van der Waals surface area contributed by atoms with Crippen LogP contribution in [-0.2, 0) is 9.47 Å². The highest BCUT2D eigenvalue weighted by Gasteiger charge is 2.11. The Bertz CT molecular complexity index is 157. The minimum Gasteiger partial charge on any atom is -0.465 e. The molecule has 0 fully saturated rings. The molecule has 0 spiro atoms. The van der Waals surface area contributed by atoms with Crippen molar-refractivity contribution in [3.05, 3.63) is 0 Å². The van der Waals surface area contributed by atoms with Gasteiger partial charge < -0.3 is 19.5 Å². The molecule has 0 radical (unpaired) electrons. The lowest BCUT2D eigenvalue weighted by molar-refractivity contribution is -0.140. The van der Waals surface area contributed by atoms with Gasteiger partial charge in [0.1, 0.15) is 0 Å². The van der Waals surface area contributed by atoms with Crippen LogP contribution in [0.5, 0.6) is 0 Å². The molecule has 0 aliphatic carbocycles. The lowest BCUT2D eigenvalue weighted by Gasteiger charge is -2.19. The predicted molar refractivity (Wildman–Crippen MR) is 52.3 cm³/mol. The standard InChI is InChI=1S/C9H19NO4/c1-4-13-8(14-5-2)6-7-10(3)9(11)12/h8H,4-7H2,1-3H3,(H,11,12). The first kappa shape index (κ1) is 13.2. The van der Waals surface area contributed by atoms with Gasteiger partial charge in [-0.2, -0.15) is 0 Å². The largest absolute Gasteiger partial charge is 0.465 e. The number of rotatable bonds is 7. The lowest BCUT2D eigenvalue weighted by Crippen LogP contribution is -2.30. The lowest BCUT2D eigenvalue weighted by atomic mass is 10.4. The Kier molecular flexibility index (Phi) is 7.14. The van der Waals surface area contributed by atoms with Crippen molar-refractivity contribution in [2.24, 2.45) is 0 Å². The van der Waals surface area contributed by atoms with Gasteiger partial charge in [-0.15, -0.1) is 0 Å². The van der Waals surface area contributed by atoms with Crippen molar-refractivity contribution in [1.29, 1.82) is 0 Å². The number of hydrogen-bond donors (Lipinski definition) is 1. The molecule has 0 atom stereocenters. The van der Waals surface area contributed by atoms with E-state index in [2.05, 4.69) is 0 Å². The number of hydrogen-bond acceptors (Lipinski definition) is 3. The van der Waals surface area contributed by atoms with Crippen LogP contribution in [0.25, 0.3) is 0 Å². The van der Waals surface area contributed by atoms with Crippen molar-refractivity contribution in [1.82, 2.24) is 4.90 Å². The SMILES string of the molecule is CCOC(CCN(C)C(=O)O)OCC. The molecule has 5 heteroatoms. The fourth-order valence-electron chi connectivity index (χ4n) is 0.981. The topological polar surface area (TPSA) is 59.0 Å². The summed E-state index contributed by atoms with van der Waals surface area (Å²) in [6.45, 7) is 5.32. The Balaban J connectivity index is 3.74. The van der Waals surface area contributed by atoms with Crippen LogP contribution in [0.3, 0.4) is 0 Å². The number of carbonyl (C=O) groups is 1. The van der Waals surface area contributed by atoms with Crippen molar-refractivity contribution in [2.45, 2.75) is 26.6 Å². The van der Waals surface area contributed by atoms with E-state index in [4.69, 9.17) is 14.6 Å². The summed E-state index contributed by atoms with van der Waals surface area (Å²) in [4.78, 5) is 11.7. The zero-order valence-electron chi connectivity index (χ0n) is 9.02. The molecule has 84 valence electrons. The quantitative estimate of drug-likeness (QED) is 0.638. The molecular weight excluding hydrogens is 186 g/mol. The second kappa shape index (κ2) is 7.58. The highest BCUT2D eigenvalue weighted by molar-refractivity contribution is 5.64. The second-order valence-corrected chi connectivity index (χ2v) is 2.83. The normalized spacial score (nSPS) is 10.6. The zero-order chi connectivity index (χ0) is 11.0. The molecule has 0 saturated carbocycles. The van der Waals surface area contributed by atoms with Gasteiger partial charge in [0.05, 0.1) is 0 Å². The Morgan fingerprint density at radius 2 is 1.86 bits per heavy atom. The maximum Gasteiger partial charge on any atom is 0.407 e. The summed E-state index contributed by atoms with van der Waals surface area (Å²) in [5.74, 6) is 0. The van der Waals surface area contributed by atoms with E-state index in [1.807, 2.05) is 13.8 Å². The van der Waals surface area contributed by atoms with Crippen LogP contribution in [0.1, 0.15) is 20.3 Å². The molecule has 1 N–H and O–H groups in total. The van der Waals surface area contributed by atoms with Gasteiger partial charge in [-0.1, -0.05) is 0 Å². The van der Waals surface area contributed by atoms with Crippen LogP contribution in [0.15, 0.2) is 0 Å². The van der Waals surface area contributed by atoms with Gasteiger partial charge in [0.2, 0.25) is 0 Å². The molecule has 14 heavy (non-hydrogen) atoms. The van der Waals surface area contributed by atoms with Crippen LogP contribution < -0.4 is 0 Å². The minimum absolute atomic E-state index is 0.299. The van der Waals surface area contributed by atoms with Gasteiger partial charge in [0, 0.05) is 33.2 Å². The van der Waals surface area contributed by atoms with E-state index in [0.29, 0.717) is 26.2 Å². The maximum atomic E-state index is 10.5. The summed E-state index contributed by atoms with van der Waals surface area (Å²) in [5, 5.41) is 8.60. The number of nitrogens with zero attached hydrogens (tertiary/aromatic N) is 1. The molecule has 0 unspecified atom stereocenters. The molecule has 0 bridgehead atoms. The summed E-state index contributed by atoms with van der Waals surface area (Å²) < 4.78 is 10.5. The molecule has 0 aromatic heterocycles. The molecule has 5 nitrogen and oxygen atoms in total. The van der Waals surface area contributed by atoms with Crippen LogP contribution in [0, 0.1) is 0 Å². The Morgan fingerprint density at radius 1 is 1.36 bits per heavy atom. The van der Waals surface area contributed by atoms with Crippen LogP contribution in [0.4, 0.5) is 4.79 Å². The highest BCUT2D eigenvalue weighted by atomic mass is 16.7. The van der Waals surface area contributed by atoms with Crippen molar-refractivity contribution in [3.8, 4) is 0 Å². The van der Waals surface area contributed by atoms with Crippen LogP contribution in [0.2, 0.25) is 0 Å². The number of ether oxygens (including phenoxy) is 2. The van der Waals surface area contributed by atoms with Crippen LogP contribution >= 0.6 is 0 Å². The Hall–Kier alpha value is -0.810. The summed E-state index contributed by atoms with van der Waals surface area (Å²) in [6.07, 6.45) is -0.673. The molecular formula is C9H19NO4. The third kappa shape index (κ3) is 5.77. The van der Waals surface area contributed by atoms with E-state index in [9.17, 15) is 4.79 Å². The van der Waals surface area contributed by atoms with Gasteiger partial charge in [0.15, 0.2) is 6.29 Å². The molecule has 0 aromatic carbocycles. The van der Waals surface area contributed by atoms with Gasteiger partial charge in [-0.25, -0.2) is 4.79 Å². The molecule has 0 aliphatic rings. The molecule has 0 aliphatic heterocycles. The van der Waals surface area contributed by atoms with E-state index < -0.39 is 6.09 Å². The van der Waals surface area contributed by atoms with E-state index in [-0.39, 0.29) is 6.29 Å². The van der Waals surface area contributed by atoms with Gasteiger partial charge in [-0.3, -0.25) is 0 Å². The van der Waals surface area contributed by atoms with Crippen molar-refractivity contribution in [2.75, 3.05) is 26.8 Å². The minimum atomic E-state index is -0.934. The number of amides is 1. The van der Waals surface area contributed by atoms with Crippen molar-refractivity contribution >= 4 is 6.09 Å². The highest BCUT2D eigenvalue weighted by Crippen LogP contribution is 2.02. The Morgan fingerprint density at radius 3 is 2.21 bits per heavy atom. The summed E-state index contributed by atoms with van der Waals surface area (Å²) >= 11 is 0. The number of carboxylic acid groups (broad SMARTS) is 1.